The highest BCUT2D eigenvalue weighted by Crippen LogP contribution is 2.25. The molecule has 2 aromatic rings. The molecule has 0 radical (unpaired) electrons. The number of halogens is 1. The van der Waals surface area contributed by atoms with Crippen molar-refractivity contribution in [3.63, 3.8) is 0 Å². The lowest BCUT2D eigenvalue weighted by molar-refractivity contribution is 0.219. The van der Waals surface area contributed by atoms with E-state index in [4.69, 9.17) is 0 Å². The van der Waals surface area contributed by atoms with E-state index in [1.54, 1.807) is 0 Å². The van der Waals surface area contributed by atoms with Crippen LogP contribution in [-0.2, 0) is 6.42 Å². The third-order valence-electron chi connectivity index (χ3n) is 3.29. The summed E-state index contributed by atoms with van der Waals surface area (Å²) in [6.07, 6.45) is 0.194. The predicted octanol–water partition coefficient (Wildman–Crippen LogP) is 4.41. The Kier molecular flexibility index (Phi) is 4.56. The third kappa shape index (κ3) is 3.67. The standard InChI is InChI=1S/C18H21FO/c1-12(2)7-14-5-4-6-15(10-14)18(20)16-8-13(3)9-17(19)11-16/h4-6,8-12,18,20H,7H2,1-3H3. The molecule has 0 saturated carbocycles. The van der Waals surface area contributed by atoms with Gasteiger partial charge in [0.05, 0.1) is 0 Å². The minimum Gasteiger partial charge on any atom is -0.384 e. The average Bonchev–Trinajstić information content (AvgIpc) is 2.36. The van der Waals surface area contributed by atoms with Crippen molar-refractivity contribution in [1.82, 2.24) is 0 Å². The van der Waals surface area contributed by atoms with E-state index in [2.05, 4.69) is 19.9 Å². The molecule has 0 amide bonds. The van der Waals surface area contributed by atoms with Crippen molar-refractivity contribution >= 4 is 0 Å². The first kappa shape index (κ1) is 14.7. The molecule has 2 heteroatoms. The molecule has 1 nitrogen and oxygen atoms in total. The van der Waals surface area contributed by atoms with Gasteiger partial charge < -0.3 is 5.11 Å². The molecule has 106 valence electrons. The number of rotatable bonds is 4. The van der Waals surface area contributed by atoms with Crippen molar-refractivity contribution in [2.45, 2.75) is 33.3 Å². The normalized spacial score (nSPS) is 12.7. The van der Waals surface area contributed by atoms with Gasteiger partial charge in [-0.05, 0) is 53.6 Å². The van der Waals surface area contributed by atoms with Gasteiger partial charge in [-0.1, -0.05) is 44.2 Å². The molecule has 0 saturated heterocycles. The number of aryl methyl sites for hydroxylation is 1. The second kappa shape index (κ2) is 6.19. The van der Waals surface area contributed by atoms with Gasteiger partial charge in [0.1, 0.15) is 11.9 Å². The van der Waals surface area contributed by atoms with E-state index in [1.807, 2.05) is 31.2 Å². The zero-order valence-corrected chi connectivity index (χ0v) is 12.2. The number of hydrogen-bond acceptors (Lipinski definition) is 1. The average molecular weight is 272 g/mol. The van der Waals surface area contributed by atoms with Crippen LogP contribution in [0.3, 0.4) is 0 Å². The van der Waals surface area contributed by atoms with Crippen LogP contribution in [0.5, 0.6) is 0 Å². The SMILES string of the molecule is Cc1cc(F)cc(C(O)c2cccc(CC(C)C)c2)c1. The van der Waals surface area contributed by atoms with E-state index in [1.165, 1.54) is 17.7 Å². The predicted molar refractivity (Wildman–Crippen MR) is 80.2 cm³/mol. The Morgan fingerprint density at radius 3 is 2.45 bits per heavy atom. The van der Waals surface area contributed by atoms with E-state index in [0.29, 0.717) is 11.5 Å². The quantitative estimate of drug-likeness (QED) is 0.873. The Morgan fingerprint density at radius 2 is 1.80 bits per heavy atom. The molecule has 1 N–H and O–H groups in total. The summed E-state index contributed by atoms with van der Waals surface area (Å²) in [4.78, 5) is 0. The first-order valence-corrected chi connectivity index (χ1v) is 6.99. The number of aliphatic hydroxyl groups is 1. The molecule has 0 aromatic heterocycles. The molecule has 0 aliphatic carbocycles. The van der Waals surface area contributed by atoms with E-state index < -0.39 is 6.10 Å². The van der Waals surface area contributed by atoms with Crippen LogP contribution in [0.4, 0.5) is 4.39 Å². The maximum Gasteiger partial charge on any atom is 0.123 e. The molecular formula is C18H21FO. The third-order valence-corrected chi connectivity index (χ3v) is 3.29. The summed E-state index contributed by atoms with van der Waals surface area (Å²) in [7, 11) is 0. The van der Waals surface area contributed by atoms with Crippen LogP contribution in [0.15, 0.2) is 42.5 Å². The maximum absolute atomic E-state index is 13.4. The Bertz CT molecular complexity index is 569. The van der Waals surface area contributed by atoms with E-state index in [-0.39, 0.29) is 5.82 Å². The molecule has 1 unspecified atom stereocenters. The van der Waals surface area contributed by atoms with Gasteiger partial charge in [0, 0.05) is 0 Å². The molecule has 0 aliphatic rings. The van der Waals surface area contributed by atoms with Crippen LogP contribution in [0.25, 0.3) is 0 Å². The van der Waals surface area contributed by atoms with E-state index >= 15 is 0 Å². The topological polar surface area (TPSA) is 20.2 Å². The fraction of sp³-hybridized carbons (Fsp3) is 0.333. The first-order valence-electron chi connectivity index (χ1n) is 6.99. The summed E-state index contributed by atoms with van der Waals surface area (Å²) in [5.74, 6) is 0.260. The van der Waals surface area contributed by atoms with Crippen molar-refractivity contribution in [3.05, 3.63) is 70.5 Å². The van der Waals surface area contributed by atoms with Gasteiger partial charge in [-0.25, -0.2) is 4.39 Å². The van der Waals surface area contributed by atoms with Crippen LogP contribution in [0.2, 0.25) is 0 Å². The maximum atomic E-state index is 13.4. The summed E-state index contributed by atoms with van der Waals surface area (Å²) in [6, 6.07) is 12.6. The smallest absolute Gasteiger partial charge is 0.123 e. The lowest BCUT2D eigenvalue weighted by Crippen LogP contribution is -2.02. The van der Waals surface area contributed by atoms with Gasteiger partial charge in [0.25, 0.3) is 0 Å². The van der Waals surface area contributed by atoms with Crippen molar-refractivity contribution in [2.75, 3.05) is 0 Å². The second-order valence-corrected chi connectivity index (χ2v) is 5.81. The molecule has 0 bridgehead atoms. The minimum atomic E-state index is -0.781. The zero-order valence-electron chi connectivity index (χ0n) is 12.2. The fourth-order valence-electron chi connectivity index (χ4n) is 2.48. The summed E-state index contributed by atoms with van der Waals surface area (Å²) in [6.45, 7) is 6.16. The lowest BCUT2D eigenvalue weighted by atomic mass is 9.95. The highest BCUT2D eigenvalue weighted by Gasteiger charge is 2.12. The first-order chi connectivity index (χ1) is 9.45. The van der Waals surface area contributed by atoms with Gasteiger partial charge in [-0.3, -0.25) is 0 Å². The zero-order chi connectivity index (χ0) is 14.7. The molecule has 1 atom stereocenters. The van der Waals surface area contributed by atoms with Crippen LogP contribution in [0.1, 0.15) is 42.2 Å². The Labute approximate surface area is 120 Å². The molecule has 0 aliphatic heterocycles. The van der Waals surface area contributed by atoms with Crippen molar-refractivity contribution in [3.8, 4) is 0 Å². The van der Waals surface area contributed by atoms with Crippen molar-refractivity contribution in [2.24, 2.45) is 5.92 Å². The summed E-state index contributed by atoms with van der Waals surface area (Å²) >= 11 is 0. The van der Waals surface area contributed by atoms with E-state index in [0.717, 1.165) is 17.5 Å². The summed E-state index contributed by atoms with van der Waals surface area (Å²) < 4.78 is 13.4. The van der Waals surface area contributed by atoms with Crippen LogP contribution >= 0.6 is 0 Å². The van der Waals surface area contributed by atoms with Gasteiger partial charge >= 0.3 is 0 Å². The van der Waals surface area contributed by atoms with Gasteiger partial charge in [-0.2, -0.15) is 0 Å². The summed E-state index contributed by atoms with van der Waals surface area (Å²) in [5, 5.41) is 10.4. The molecular weight excluding hydrogens is 251 g/mol. The highest BCUT2D eigenvalue weighted by atomic mass is 19.1. The van der Waals surface area contributed by atoms with Gasteiger partial charge in [0.2, 0.25) is 0 Å². The van der Waals surface area contributed by atoms with Crippen LogP contribution < -0.4 is 0 Å². The minimum absolute atomic E-state index is 0.308. The number of aliphatic hydroxyl groups excluding tert-OH is 1. The highest BCUT2D eigenvalue weighted by molar-refractivity contribution is 5.34. The Morgan fingerprint density at radius 1 is 1.05 bits per heavy atom. The van der Waals surface area contributed by atoms with Crippen molar-refractivity contribution in [1.29, 1.82) is 0 Å². The van der Waals surface area contributed by atoms with Gasteiger partial charge in [-0.15, -0.1) is 0 Å². The molecule has 2 aromatic carbocycles. The largest absolute Gasteiger partial charge is 0.384 e. The fourth-order valence-corrected chi connectivity index (χ4v) is 2.48. The lowest BCUT2D eigenvalue weighted by Gasteiger charge is -2.14. The molecule has 2 rings (SSSR count). The Balaban J connectivity index is 2.30. The van der Waals surface area contributed by atoms with Crippen molar-refractivity contribution < 1.29 is 9.50 Å². The Hall–Kier alpha value is -1.67. The molecule has 0 heterocycles. The van der Waals surface area contributed by atoms with Gasteiger partial charge in [0.15, 0.2) is 0 Å². The monoisotopic (exact) mass is 272 g/mol. The molecule has 0 spiro atoms. The number of hydrogen-bond donors (Lipinski definition) is 1. The van der Waals surface area contributed by atoms with Crippen LogP contribution in [0, 0.1) is 18.7 Å². The van der Waals surface area contributed by atoms with E-state index in [9.17, 15) is 9.50 Å². The second-order valence-electron chi connectivity index (χ2n) is 5.81. The number of benzene rings is 2. The molecule has 0 fully saturated rings. The summed E-state index contributed by atoms with van der Waals surface area (Å²) in [5.41, 5.74) is 3.43. The van der Waals surface area contributed by atoms with Crippen LogP contribution in [-0.4, -0.2) is 5.11 Å². The molecule has 20 heavy (non-hydrogen) atoms.